The highest BCUT2D eigenvalue weighted by atomic mass is 35.5. The van der Waals surface area contributed by atoms with Gasteiger partial charge in [0, 0.05) is 51.3 Å². The Kier molecular flexibility index (Phi) is 7.58. The van der Waals surface area contributed by atoms with Crippen LogP contribution >= 0.6 is 11.6 Å². The largest absolute Gasteiger partial charge is 0.494 e. The van der Waals surface area contributed by atoms with Crippen LogP contribution in [0.3, 0.4) is 0 Å². The number of halogens is 1. The first-order valence-electron chi connectivity index (χ1n) is 13.4. The number of hydrogen-bond acceptors (Lipinski definition) is 4. The smallest absolute Gasteiger partial charge is 0.125 e. The molecule has 1 atom stereocenters. The molecule has 0 radical (unpaired) electrons. The van der Waals surface area contributed by atoms with E-state index in [4.69, 9.17) is 21.1 Å². The summed E-state index contributed by atoms with van der Waals surface area (Å²) in [5.74, 6) is 2.23. The molecule has 4 nitrogen and oxygen atoms in total. The maximum atomic E-state index is 6.15. The lowest BCUT2D eigenvalue weighted by Gasteiger charge is -2.33. The van der Waals surface area contributed by atoms with Crippen LogP contribution in [0.1, 0.15) is 48.4 Å². The Labute approximate surface area is 236 Å². The highest BCUT2D eigenvalue weighted by molar-refractivity contribution is 6.30. The lowest BCUT2D eigenvalue weighted by molar-refractivity contribution is 0.328. The van der Waals surface area contributed by atoms with Crippen LogP contribution in [0.4, 0.5) is 11.4 Å². The molecule has 1 unspecified atom stereocenters. The molecule has 0 amide bonds. The van der Waals surface area contributed by atoms with Crippen LogP contribution in [0.15, 0.2) is 91.8 Å². The minimum atomic E-state index is 0.389. The Morgan fingerprint density at radius 1 is 1.10 bits per heavy atom. The molecule has 5 heteroatoms. The zero-order chi connectivity index (χ0) is 27.7. The van der Waals surface area contributed by atoms with E-state index in [1.54, 1.807) is 0 Å². The molecule has 0 saturated carbocycles. The van der Waals surface area contributed by atoms with Gasteiger partial charge in [0.1, 0.15) is 11.5 Å². The second-order valence-electron chi connectivity index (χ2n) is 10.1. The Hall–Kier alpha value is -3.89. The van der Waals surface area contributed by atoms with Gasteiger partial charge < -0.3 is 19.7 Å². The lowest BCUT2D eigenvalue weighted by Crippen LogP contribution is -2.26. The van der Waals surface area contributed by atoms with Crippen molar-refractivity contribution in [2.75, 3.05) is 30.0 Å². The third-order valence-corrected chi connectivity index (χ3v) is 7.67. The van der Waals surface area contributed by atoms with Crippen LogP contribution in [-0.4, -0.2) is 19.8 Å². The summed E-state index contributed by atoms with van der Waals surface area (Å²) in [5.41, 5.74) is 10.1. The van der Waals surface area contributed by atoms with Gasteiger partial charge in [-0.05, 0) is 78.9 Å². The molecule has 0 spiro atoms. The number of allylic oxidation sites excluding steroid dienone is 3. The molecule has 2 aliphatic rings. The molecule has 3 aromatic carbocycles. The Bertz CT molecular complexity index is 1490. The van der Waals surface area contributed by atoms with E-state index in [2.05, 4.69) is 61.3 Å². The molecule has 5 rings (SSSR count). The number of nitrogens with one attached hydrogen (secondary N) is 1. The summed E-state index contributed by atoms with van der Waals surface area (Å²) in [5, 5.41) is 4.18. The van der Waals surface area contributed by atoms with Crippen molar-refractivity contribution in [1.29, 1.82) is 0 Å². The third kappa shape index (κ3) is 5.35. The first-order valence-corrected chi connectivity index (χ1v) is 13.8. The third-order valence-electron chi connectivity index (χ3n) is 7.42. The Morgan fingerprint density at radius 2 is 1.87 bits per heavy atom. The van der Waals surface area contributed by atoms with Crippen molar-refractivity contribution < 1.29 is 9.47 Å². The molecular weight excluding hydrogens is 504 g/mol. The second-order valence-corrected chi connectivity index (χ2v) is 10.5. The molecule has 0 aliphatic carbocycles. The van der Waals surface area contributed by atoms with Gasteiger partial charge in [0.15, 0.2) is 0 Å². The van der Waals surface area contributed by atoms with Crippen molar-refractivity contribution >= 4 is 34.1 Å². The number of anilines is 2. The lowest BCUT2D eigenvalue weighted by atomic mass is 9.85. The summed E-state index contributed by atoms with van der Waals surface area (Å²) >= 11 is 6.15. The van der Waals surface area contributed by atoms with Gasteiger partial charge in [-0.2, -0.15) is 0 Å². The van der Waals surface area contributed by atoms with Crippen LogP contribution in [0.5, 0.6) is 11.5 Å². The maximum Gasteiger partial charge on any atom is 0.125 e. The number of rotatable bonds is 9. The molecule has 1 N–H and O–H groups in total. The highest BCUT2D eigenvalue weighted by Gasteiger charge is 2.30. The molecular formula is C34H35ClN2O2. The topological polar surface area (TPSA) is 33.7 Å². The predicted molar refractivity (Wildman–Crippen MR) is 165 cm³/mol. The minimum Gasteiger partial charge on any atom is -0.494 e. The van der Waals surface area contributed by atoms with Gasteiger partial charge in [-0.1, -0.05) is 50.4 Å². The molecule has 39 heavy (non-hydrogen) atoms. The Balaban J connectivity index is 1.48. The zero-order valence-electron chi connectivity index (χ0n) is 22.9. The van der Waals surface area contributed by atoms with Gasteiger partial charge in [0.2, 0.25) is 0 Å². The van der Waals surface area contributed by atoms with Crippen LogP contribution in [0.25, 0.3) is 11.1 Å². The van der Waals surface area contributed by atoms with E-state index < -0.39 is 0 Å². The fourth-order valence-corrected chi connectivity index (χ4v) is 5.39. The number of fused-ring (bicyclic) bond motifs is 2. The average molecular weight is 539 g/mol. The molecule has 3 aromatic rings. The van der Waals surface area contributed by atoms with E-state index in [0.717, 1.165) is 68.4 Å². The number of benzene rings is 3. The van der Waals surface area contributed by atoms with Gasteiger partial charge in [0.25, 0.3) is 0 Å². The molecule has 2 heterocycles. The van der Waals surface area contributed by atoms with Crippen molar-refractivity contribution in [3.05, 3.63) is 119 Å². The summed E-state index contributed by atoms with van der Waals surface area (Å²) in [6, 6.07) is 18.3. The van der Waals surface area contributed by atoms with Gasteiger partial charge in [-0.15, -0.1) is 0 Å². The van der Waals surface area contributed by atoms with Gasteiger partial charge in [-0.3, -0.25) is 0 Å². The molecule has 2 aliphatic heterocycles. The fourth-order valence-electron chi connectivity index (χ4n) is 5.27. The fraction of sp³-hybridized carbons (Fsp3) is 0.235. The number of ether oxygens (including phenoxy) is 2. The van der Waals surface area contributed by atoms with Gasteiger partial charge in [0.05, 0.1) is 25.4 Å². The summed E-state index contributed by atoms with van der Waals surface area (Å²) in [4.78, 5) is 2.21. The zero-order valence-corrected chi connectivity index (χ0v) is 23.7. The van der Waals surface area contributed by atoms with Crippen molar-refractivity contribution in [3.63, 3.8) is 0 Å². The first-order chi connectivity index (χ1) is 18.8. The minimum absolute atomic E-state index is 0.389. The monoisotopic (exact) mass is 538 g/mol. The molecule has 0 bridgehead atoms. The molecule has 0 aromatic heterocycles. The maximum absolute atomic E-state index is 6.15. The van der Waals surface area contributed by atoms with Crippen molar-refractivity contribution in [2.45, 2.75) is 33.1 Å². The number of nitrogens with zero attached hydrogens (tertiary/aromatic N) is 1. The normalized spacial score (nSPS) is 15.7. The standard InChI is InChI=1S/C34H35ClN2O2/c1-7-25-20-39-34-17-32-29(16-30(25)34)24(6)31(23(5)26-9-11-27(35)12-10-26)19-37(32)18-22(4)36-28-13-14-33(38-8-2)21(3)15-28/h9-17,19,25,36H,4-8,18,20H2,1-3H3. The van der Waals surface area contributed by atoms with Gasteiger partial charge in [-0.25, -0.2) is 0 Å². The quantitative estimate of drug-likeness (QED) is 0.295. The van der Waals surface area contributed by atoms with E-state index in [0.29, 0.717) is 30.7 Å². The van der Waals surface area contributed by atoms with Crippen molar-refractivity contribution in [1.82, 2.24) is 0 Å². The van der Waals surface area contributed by atoms with E-state index in [9.17, 15) is 0 Å². The summed E-state index contributed by atoms with van der Waals surface area (Å²) in [6.45, 7) is 21.5. The number of hydrogen-bond donors (Lipinski definition) is 1. The van der Waals surface area contributed by atoms with E-state index in [-0.39, 0.29) is 0 Å². The molecule has 0 fully saturated rings. The highest BCUT2D eigenvalue weighted by Crippen LogP contribution is 2.47. The van der Waals surface area contributed by atoms with Crippen LogP contribution in [0, 0.1) is 6.92 Å². The number of aryl methyl sites for hydroxylation is 1. The van der Waals surface area contributed by atoms with Crippen molar-refractivity contribution in [3.8, 4) is 11.5 Å². The molecule has 0 saturated heterocycles. The van der Waals surface area contributed by atoms with E-state index in [1.165, 1.54) is 5.56 Å². The van der Waals surface area contributed by atoms with Crippen LogP contribution < -0.4 is 19.7 Å². The van der Waals surface area contributed by atoms with Gasteiger partial charge >= 0.3 is 0 Å². The van der Waals surface area contributed by atoms with E-state index in [1.807, 2.05) is 50.2 Å². The Morgan fingerprint density at radius 3 is 2.56 bits per heavy atom. The summed E-state index contributed by atoms with van der Waals surface area (Å²) < 4.78 is 11.8. The first kappa shape index (κ1) is 26.7. The molecule has 200 valence electrons. The predicted octanol–water partition coefficient (Wildman–Crippen LogP) is 8.99. The van der Waals surface area contributed by atoms with E-state index >= 15 is 0 Å². The van der Waals surface area contributed by atoms with Crippen molar-refractivity contribution in [2.24, 2.45) is 0 Å². The summed E-state index contributed by atoms with van der Waals surface area (Å²) in [7, 11) is 0. The average Bonchev–Trinajstić information content (AvgIpc) is 3.33. The SMILES string of the molecule is C=C(CN1C=C(C(=C)c2ccc(Cl)cc2)C(=C)c2cc3c(cc21)OCC3CC)Nc1ccc(OCC)c(C)c1. The second kappa shape index (κ2) is 11.1. The van der Waals surface area contributed by atoms with Crippen LogP contribution in [-0.2, 0) is 0 Å². The van der Waals surface area contributed by atoms with Crippen LogP contribution in [0.2, 0.25) is 5.02 Å². The summed E-state index contributed by atoms with van der Waals surface area (Å²) in [6.07, 6.45) is 3.15.